The number of rotatable bonds is 8. The molecule has 0 aliphatic rings. The highest BCUT2D eigenvalue weighted by Crippen LogP contribution is 2.16. The van der Waals surface area contributed by atoms with Crippen LogP contribution in [0.3, 0.4) is 0 Å². The Labute approximate surface area is 116 Å². The van der Waals surface area contributed by atoms with Gasteiger partial charge in [0.2, 0.25) is 0 Å². The Morgan fingerprint density at radius 2 is 1.95 bits per heavy atom. The van der Waals surface area contributed by atoms with E-state index in [4.69, 9.17) is 4.74 Å². The van der Waals surface area contributed by atoms with Gasteiger partial charge in [0, 0.05) is 6.04 Å². The molecule has 0 saturated carbocycles. The van der Waals surface area contributed by atoms with Crippen molar-refractivity contribution < 1.29 is 9.53 Å². The van der Waals surface area contributed by atoms with E-state index >= 15 is 0 Å². The Hall–Kier alpha value is -1.35. The van der Waals surface area contributed by atoms with E-state index in [0.29, 0.717) is 6.04 Å². The van der Waals surface area contributed by atoms with Crippen LogP contribution in [0.1, 0.15) is 51.1 Å². The van der Waals surface area contributed by atoms with Gasteiger partial charge in [-0.25, -0.2) is 4.79 Å². The molecule has 0 fully saturated rings. The van der Waals surface area contributed by atoms with Crippen LogP contribution >= 0.6 is 0 Å². The highest BCUT2D eigenvalue weighted by molar-refractivity contribution is 5.77. The molecule has 0 aliphatic heterocycles. The number of carbonyl (C=O) groups excluding carboxylic acids is 1. The molecule has 0 spiro atoms. The highest BCUT2D eigenvalue weighted by Gasteiger charge is 2.22. The maximum absolute atomic E-state index is 11.9. The molecular formula is C16H25NO2. The Morgan fingerprint density at radius 3 is 2.53 bits per heavy atom. The predicted molar refractivity (Wildman–Crippen MR) is 77.9 cm³/mol. The molecule has 1 rings (SSSR count). The van der Waals surface area contributed by atoms with Crippen molar-refractivity contribution in [1.82, 2.24) is 5.32 Å². The summed E-state index contributed by atoms with van der Waals surface area (Å²) in [5.41, 5.74) is 0.955. The fraction of sp³-hybridized carbons (Fsp3) is 0.562. The van der Waals surface area contributed by atoms with Crippen molar-refractivity contribution in [3.8, 4) is 0 Å². The number of benzene rings is 1. The lowest BCUT2D eigenvalue weighted by atomic mass is 10.0. The fourth-order valence-electron chi connectivity index (χ4n) is 2.13. The van der Waals surface area contributed by atoms with Crippen LogP contribution in [0.25, 0.3) is 0 Å². The van der Waals surface area contributed by atoms with E-state index in [1.807, 2.05) is 30.3 Å². The monoisotopic (exact) mass is 263 g/mol. The summed E-state index contributed by atoms with van der Waals surface area (Å²) in [4.78, 5) is 11.9. The summed E-state index contributed by atoms with van der Waals surface area (Å²) in [5, 5.41) is 3.37. The maximum atomic E-state index is 11.9. The van der Waals surface area contributed by atoms with Gasteiger partial charge in [0.05, 0.1) is 7.11 Å². The number of hydrogen-bond acceptors (Lipinski definition) is 3. The lowest BCUT2D eigenvalue weighted by Gasteiger charge is -2.21. The van der Waals surface area contributed by atoms with Gasteiger partial charge in [0.25, 0.3) is 0 Å². The van der Waals surface area contributed by atoms with Gasteiger partial charge in [-0.2, -0.15) is 0 Å². The van der Waals surface area contributed by atoms with Gasteiger partial charge >= 0.3 is 5.97 Å². The standard InChI is InChI=1S/C16H25NO2/c1-4-5-7-10-13(2)17-15(16(18)19-3)14-11-8-6-9-12-14/h6,8-9,11-13,15,17H,4-5,7,10H2,1-3H3. The van der Waals surface area contributed by atoms with Crippen molar-refractivity contribution in [1.29, 1.82) is 0 Å². The van der Waals surface area contributed by atoms with Gasteiger partial charge in [-0.3, -0.25) is 5.32 Å². The predicted octanol–water partition coefficient (Wildman–Crippen LogP) is 3.46. The lowest BCUT2D eigenvalue weighted by molar-refractivity contribution is -0.143. The summed E-state index contributed by atoms with van der Waals surface area (Å²) < 4.78 is 4.89. The van der Waals surface area contributed by atoms with E-state index in [2.05, 4.69) is 19.2 Å². The third-order valence-corrected chi connectivity index (χ3v) is 3.26. The SMILES string of the molecule is CCCCCC(C)NC(C(=O)OC)c1ccccc1. The van der Waals surface area contributed by atoms with E-state index in [1.54, 1.807) is 0 Å². The van der Waals surface area contributed by atoms with E-state index in [-0.39, 0.29) is 12.0 Å². The number of ether oxygens (including phenoxy) is 1. The average molecular weight is 263 g/mol. The molecule has 1 aromatic rings. The lowest BCUT2D eigenvalue weighted by Crippen LogP contribution is -2.36. The van der Waals surface area contributed by atoms with Gasteiger partial charge in [0.1, 0.15) is 6.04 Å². The first-order valence-corrected chi connectivity index (χ1v) is 7.07. The number of methoxy groups -OCH3 is 1. The summed E-state index contributed by atoms with van der Waals surface area (Å²) in [6.07, 6.45) is 4.72. The van der Waals surface area contributed by atoms with E-state index in [0.717, 1.165) is 12.0 Å². The second-order valence-electron chi connectivity index (χ2n) is 4.93. The summed E-state index contributed by atoms with van der Waals surface area (Å²) in [7, 11) is 1.43. The molecule has 0 amide bonds. The molecule has 0 heterocycles. The van der Waals surface area contributed by atoms with Gasteiger partial charge < -0.3 is 4.74 Å². The molecule has 0 radical (unpaired) electrons. The van der Waals surface area contributed by atoms with Crippen molar-refractivity contribution >= 4 is 5.97 Å². The molecule has 19 heavy (non-hydrogen) atoms. The number of nitrogens with one attached hydrogen (secondary N) is 1. The van der Waals surface area contributed by atoms with Gasteiger partial charge in [-0.15, -0.1) is 0 Å². The number of carbonyl (C=O) groups is 1. The topological polar surface area (TPSA) is 38.3 Å². The van der Waals surface area contributed by atoms with Gasteiger partial charge in [0.15, 0.2) is 0 Å². The minimum absolute atomic E-state index is 0.228. The zero-order chi connectivity index (χ0) is 14.1. The molecule has 1 aromatic carbocycles. The summed E-state index contributed by atoms with van der Waals surface area (Å²) in [5.74, 6) is -0.228. The first-order chi connectivity index (χ1) is 9.19. The third-order valence-electron chi connectivity index (χ3n) is 3.26. The third kappa shape index (κ3) is 5.43. The molecule has 106 valence electrons. The largest absolute Gasteiger partial charge is 0.468 e. The van der Waals surface area contributed by atoms with E-state index in [1.165, 1.54) is 26.4 Å². The summed E-state index contributed by atoms with van der Waals surface area (Å²) >= 11 is 0. The van der Waals surface area contributed by atoms with Crippen molar-refractivity contribution in [2.24, 2.45) is 0 Å². The minimum Gasteiger partial charge on any atom is -0.468 e. The number of unbranched alkanes of at least 4 members (excludes halogenated alkanes) is 2. The first-order valence-electron chi connectivity index (χ1n) is 7.07. The Bertz CT molecular complexity index is 364. The van der Waals surface area contributed by atoms with Crippen LogP contribution in [0.5, 0.6) is 0 Å². The van der Waals surface area contributed by atoms with Crippen LogP contribution in [0, 0.1) is 0 Å². The van der Waals surface area contributed by atoms with Crippen LogP contribution in [-0.2, 0) is 9.53 Å². The molecular weight excluding hydrogens is 238 g/mol. The zero-order valence-electron chi connectivity index (χ0n) is 12.2. The van der Waals surface area contributed by atoms with Crippen LogP contribution in [0.2, 0.25) is 0 Å². The Kier molecular flexibility index (Phi) is 7.19. The minimum atomic E-state index is -0.372. The molecule has 3 heteroatoms. The van der Waals surface area contributed by atoms with E-state index in [9.17, 15) is 4.79 Å². The van der Waals surface area contributed by atoms with E-state index < -0.39 is 0 Å². The maximum Gasteiger partial charge on any atom is 0.327 e. The Balaban J connectivity index is 2.63. The number of hydrogen-bond donors (Lipinski definition) is 1. The molecule has 0 aromatic heterocycles. The second kappa shape index (κ2) is 8.70. The smallest absolute Gasteiger partial charge is 0.327 e. The summed E-state index contributed by atoms with van der Waals surface area (Å²) in [6.45, 7) is 4.31. The van der Waals surface area contributed by atoms with Gasteiger partial charge in [-0.1, -0.05) is 56.5 Å². The first kappa shape index (κ1) is 15.7. The fourth-order valence-corrected chi connectivity index (χ4v) is 2.13. The van der Waals surface area contributed by atoms with Crippen molar-refractivity contribution in [2.45, 2.75) is 51.6 Å². The molecule has 1 N–H and O–H groups in total. The van der Waals surface area contributed by atoms with Crippen LogP contribution in [0.4, 0.5) is 0 Å². The quantitative estimate of drug-likeness (QED) is 0.576. The summed E-state index contributed by atoms with van der Waals surface area (Å²) in [6, 6.07) is 9.66. The van der Waals surface area contributed by atoms with Crippen molar-refractivity contribution in [3.05, 3.63) is 35.9 Å². The molecule has 0 saturated heterocycles. The van der Waals surface area contributed by atoms with Crippen LogP contribution in [0.15, 0.2) is 30.3 Å². The second-order valence-corrected chi connectivity index (χ2v) is 4.93. The molecule has 0 aliphatic carbocycles. The van der Waals surface area contributed by atoms with Crippen LogP contribution in [-0.4, -0.2) is 19.1 Å². The molecule has 2 atom stereocenters. The van der Waals surface area contributed by atoms with Crippen molar-refractivity contribution in [2.75, 3.05) is 7.11 Å². The molecule has 0 bridgehead atoms. The number of esters is 1. The highest BCUT2D eigenvalue weighted by atomic mass is 16.5. The normalized spacial score (nSPS) is 13.8. The molecule has 3 nitrogen and oxygen atoms in total. The Morgan fingerprint density at radius 1 is 1.26 bits per heavy atom. The average Bonchev–Trinajstić information content (AvgIpc) is 2.45. The zero-order valence-corrected chi connectivity index (χ0v) is 12.2. The van der Waals surface area contributed by atoms with Crippen LogP contribution < -0.4 is 5.32 Å². The molecule has 2 unspecified atom stereocenters. The van der Waals surface area contributed by atoms with Crippen molar-refractivity contribution in [3.63, 3.8) is 0 Å². The van der Waals surface area contributed by atoms with Gasteiger partial charge in [-0.05, 0) is 18.9 Å².